The van der Waals surface area contributed by atoms with Crippen LogP contribution in [0.25, 0.3) is 6.08 Å². The molecule has 3 heterocycles. The molecule has 6 nitrogen and oxygen atoms in total. The third kappa shape index (κ3) is 3.67. The van der Waals surface area contributed by atoms with E-state index in [1.165, 1.54) is 6.20 Å². The zero-order valence-electron chi connectivity index (χ0n) is 16.1. The number of rotatable bonds is 3. The van der Waals surface area contributed by atoms with Crippen LogP contribution in [0.15, 0.2) is 42.7 Å². The molecule has 1 aromatic heterocycles. The Bertz CT molecular complexity index is 882. The van der Waals surface area contributed by atoms with E-state index >= 15 is 0 Å². The van der Waals surface area contributed by atoms with Crippen molar-refractivity contribution < 1.29 is 19.0 Å². The van der Waals surface area contributed by atoms with E-state index in [0.717, 1.165) is 42.1 Å². The number of carbonyl (C=O) groups is 1. The summed E-state index contributed by atoms with van der Waals surface area (Å²) in [4.78, 5) is 18.7. The Morgan fingerprint density at radius 3 is 3.00 bits per heavy atom. The largest absolute Gasteiger partial charge is 0.493 e. The number of pyridine rings is 1. The van der Waals surface area contributed by atoms with Crippen molar-refractivity contribution in [3.63, 3.8) is 0 Å². The molecule has 0 radical (unpaired) electrons. The SMILES string of the molecule is COc1ccc2c3c1O[C@H](CCCN2C)C[C@@H](OC(=O)c1cccnc1)/C=C\3. The molecule has 28 heavy (non-hydrogen) atoms. The lowest BCUT2D eigenvalue weighted by Gasteiger charge is -2.27. The van der Waals surface area contributed by atoms with Crippen molar-refractivity contribution in [3.8, 4) is 11.5 Å². The van der Waals surface area contributed by atoms with Gasteiger partial charge in [0.05, 0.1) is 12.7 Å². The van der Waals surface area contributed by atoms with Crippen molar-refractivity contribution in [2.24, 2.45) is 0 Å². The van der Waals surface area contributed by atoms with Crippen LogP contribution in [0.1, 0.15) is 35.2 Å². The van der Waals surface area contributed by atoms with Gasteiger partial charge in [0.2, 0.25) is 0 Å². The number of anilines is 1. The van der Waals surface area contributed by atoms with Crippen LogP contribution in [0.5, 0.6) is 11.5 Å². The number of ether oxygens (including phenoxy) is 3. The molecular formula is C22H24N2O4. The Morgan fingerprint density at radius 1 is 1.32 bits per heavy atom. The number of fused-ring (bicyclic) bond motifs is 1. The first-order valence-electron chi connectivity index (χ1n) is 9.53. The number of aromatic nitrogens is 1. The maximum atomic E-state index is 12.5. The predicted molar refractivity (Wildman–Crippen MR) is 107 cm³/mol. The number of hydrogen-bond donors (Lipinski definition) is 0. The van der Waals surface area contributed by atoms with E-state index in [2.05, 4.69) is 16.9 Å². The molecule has 6 heteroatoms. The molecule has 2 aliphatic rings. The zero-order valence-corrected chi connectivity index (χ0v) is 16.1. The van der Waals surface area contributed by atoms with E-state index in [0.29, 0.717) is 12.0 Å². The van der Waals surface area contributed by atoms with Gasteiger partial charge < -0.3 is 19.1 Å². The number of nitrogens with zero attached hydrogens (tertiary/aromatic N) is 2. The Balaban J connectivity index is 1.69. The van der Waals surface area contributed by atoms with E-state index in [1.54, 1.807) is 25.4 Å². The van der Waals surface area contributed by atoms with Gasteiger partial charge in [-0.1, -0.05) is 0 Å². The molecule has 2 aromatic rings. The van der Waals surface area contributed by atoms with Crippen LogP contribution in [-0.2, 0) is 4.74 Å². The third-order valence-electron chi connectivity index (χ3n) is 5.20. The van der Waals surface area contributed by atoms with Crippen LogP contribution in [0.3, 0.4) is 0 Å². The van der Waals surface area contributed by atoms with Gasteiger partial charge in [-0.05, 0) is 49.3 Å². The van der Waals surface area contributed by atoms with E-state index in [-0.39, 0.29) is 18.2 Å². The monoisotopic (exact) mass is 380 g/mol. The van der Waals surface area contributed by atoms with Gasteiger partial charge in [-0.3, -0.25) is 4.98 Å². The second-order valence-corrected chi connectivity index (χ2v) is 7.11. The normalized spacial score (nSPS) is 22.0. The quantitative estimate of drug-likeness (QED) is 0.757. The summed E-state index contributed by atoms with van der Waals surface area (Å²) in [5.74, 6) is 1.10. The van der Waals surface area contributed by atoms with Gasteiger partial charge in [-0.15, -0.1) is 0 Å². The van der Waals surface area contributed by atoms with Crippen LogP contribution in [0.4, 0.5) is 5.69 Å². The number of methoxy groups -OCH3 is 1. The van der Waals surface area contributed by atoms with Gasteiger partial charge in [0, 0.05) is 43.7 Å². The Hall–Kier alpha value is -3.02. The minimum atomic E-state index is -0.375. The summed E-state index contributed by atoms with van der Waals surface area (Å²) in [6, 6.07) is 7.42. The fourth-order valence-electron chi connectivity index (χ4n) is 3.73. The fourth-order valence-corrected chi connectivity index (χ4v) is 3.73. The molecule has 0 spiro atoms. The van der Waals surface area contributed by atoms with Crippen LogP contribution >= 0.6 is 0 Å². The van der Waals surface area contributed by atoms with Gasteiger partial charge in [-0.25, -0.2) is 4.79 Å². The highest BCUT2D eigenvalue weighted by Crippen LogP contribution is 2.42. The second kappa shape index (κ2) is 7.92. The van der Waals surface area contributed by atoms with Crippen LogP contribution in [0.2, 0.25) is 0 Å². The number of esters is 1. The zero-order chi connectivity index (χ0) is 19.5. The Kier molecular flexibility index (Phi) is 5.19. The molecule has 0 amide bonds. The molecule has 0 fully saturated rings. The molecule has 0 unspecified atom stereocenters. The van der Waals surface area contributed by atoms with Crippen molar-refractivity contribution >= 4 is 17.7 Å². The first-order chi connectivity index (χ1) is 13.7. The van der Waals surface area contributed by atoms with Crippen molar-refractivity contribution in [1.29, 1.82) is 0 Å². The highest BCUT2D eigenvalue weighted by atomic mass is 16.5. The maximum Gasteiger partial charge on any atom is 0.340 e. The van der Waals surface area contributed by atoms with Gasteiger partial charge in [0.25, 0.3) is 0 Å². The van der Waals surface area contributed by atoms with Crippen LogP contribution < -0.4 is 14.4 Å². The highest BCUT2D eigenvalue weighted by Gasteiger charge is 2.28. The molecule has 0 N–H and O–H groups in total. The van der Waals surface area contributed by atoms with Crippen molar-refractivity contribution in [3.05, 3.63) is 53.9 Å². The molecule has 0 aliphatic carbocycles. The second-order valence-electron chi connectivity index (χ2n) is 7.11. The van der Waals surface area contributed by atoms with Crippen molar-refractivity contribution in [1.82, 2.24) is 4.98 Å². The molecule has 2 aliphatic heterocycles. The van der Waals surface area contributed by atoms with Crippen molar-refractivity contribution in [2.75, 3.05) is 25.6 Å². The smallest absolute Gasteiger partial charge is 0.340 e. The van der Waals surface area contributed by atoms with Gasteiger partial charge in [-0.2, -0.15) is 0 Å². The highest BCUT2D eigenvalue weighted by molar-refractivity contribution is 5.89. The maximum absolute atomic E-state index is 12.5. The number of hydrogen-bond acceptors (Lipinski definition) is 6. The fraction of sp³-hybridized carbons (Fsp3) is 0.364. The van der Waals surface area contributed by atoms with Gasteiger partial charge >= 0.3 is 5.97 Å². The topological polar surface area (TPSA) is 60.9 Å². The molecule has 2 atom stereocenters. The Labute approximate surface area is 164 Å². The van der Waals surface area contributed by atoms with Crippen molar-refractivity contribution in [2.45, 2.75) is 31.5 Å². The molecule has 0 saturated carbocycles. The molecule has 1 aromatic carbocycles. The minimum Gasteiger partial charge on any atom is -0.493 e. The minimum absolute atomic E-state index is 0.0638. The summed E-state index contributed by atoms with van der Waals surface area (Å²) in [6.45, 7) is 0.937. The van der Waals surface area contributed by atoms with E-state index in [1.807, 2.05) is 24.3 Å². The molecular weight excluding hydrogens is 356 g/mol. The number of carbonyl (C=O) groups excluding carboxylic acids is 1. The molecule has 4 rings (SSSR count). The Morgan fingerprint density at radius 2 is 2.21 bits per heavy atom. The van der Waals surface area contributed by atoms with Gasteiger partial charge in [0.1, 0.15) is 12.2 Å². The van der Waals surface area contributed by atoms with E-state index < -0.39 is 0 Å². The van der Waals surface area contributed by atoms with Crippen LogP contribution in [-0.4, -0.2) is 43.9 Å². The average Bonchev–Trinajstić information content (AvgIpc) is 2.72. The number of benzene rings is 1. The standard InChI is InChI=1S/C22H24N2O4/c1-24-12-4-6-16-13-17(28-22(25)15-5-3-11-23-14-15)7-8-18-19(24)9-10-20(26-2)21(18)27-16/h3,5,7-11,14,16-17H,4,6,12-13H2,1-2H3/b8-7-/t16-,17+/m1/s1. The molecule has 146 valence electrons. The average molecular weight is 380 g/mol. The van der Waals surface area contributed by atoms with Crippen LogP contribution in [0, 0.1) is 0 Å². The lowest BCUT2D eigenvalue weighted by atomic mass is 10.0. The summed E-state index contributed by atoms with van der Waals surface area (Å²) in [5, 5.41) is 0. The van der Waals surface area contributed by atoms with E-state index in [4.69, 9.17) is 14.2 Å². The summed E-state index contributed by atoms with van der Waals surface area (Å²) in [6.07, 6.45) is 9.11. The first-order valence-corrected chi connectivity index (χ1v) is 9.53. The lowest BCUT2D eigenvalue weighted by Crippen LogP contribution is -2.28. The summed E-state index contributed by atoms with van der Waals surface area (Å²) in [5.41, 5.74) is 2.48. The summed E-state index contributed by atoms with van der Waals surface area (Å²) >= 11 is 0. The first kappa shape index (κ1) is 18.3. The van der Waals surface area contributed by atoms with E-state index in [9.17, 15) is 4.79 Å². The lowest BCUT2D eigenvalue weighted by molar-refractivity contribution is 0.0284. The summed E-state index contributed by atoms with van der Waals surface area (Å²) in [7, 11) is 3.74. The molecule has 4 bridgehead atoms. The third-order valence-corrected chi connectivity index (χ3v) is 5.20. The predicted octanol–water partition coefficient (Wildman–Crippen LogP) is 3.71. The summed E-state index contributed by atoms with van der Waals surface area (Å²) < 4.78 is 17.7. The van der Waals surface area contributed by atoms with Gasteiger partial charge in [0.15, 0.2) is 11.5 Å². The molecule has 0 saturated heterocycles.